The summed E-state index contributed by atoms with van der Waals surface area (Å²) in [4.78, 5) is 27.8. The van der Waals surface area contributed by atoms with Gasteiger partial charge in [-0.1, -0.05) is 36.4 Å². The zero-order valence-corrected chi connectivity index (χ0v) is 23.5. The van der Waals surface area contributed by atoms with Crippen LogP contribution in [0.4, 0.5) is 5.69 Å². The molecule has 198 valence electrons. The van der Waals surface area contributed by atoms with Crippen LogP contribution >= 0.6 is 0 Å². The van der Waals surface area contributed by atoms with Crippen LogP contribution in [0.3, 0.4) is 0 Å². The van der Waals surface area contributed by atoms with Gasteiger partial charge in [0, 0.05) is 25.0 Å². The number of sulfonamides is 1. The number of carbonyl (C=O) groups is 2. The van der Waals surface area contributed by atoms with Crippen LogP contribution in [0.15, 0.2) is 48.5 Å². The number of nitrogens with one attached hydrogen (secondary N) is 1. The Hall–Kier alpha value is -2.87. The predicted molar refractivity (Wildman–Crippen MR) is 147 cm³/mol. The lowest BCUT2D eigenvalue weighted by atomic mass is 10.1. The molecule has 0 bridgehead atoms. The predicted octanol–water partition coefficient (Wildman–Crippen LogP) is 4.22. The maximum absolute atomic E-state index is 13.3. The summed E-state index contributed by atoms with van der Waals surface area (Å²) in [5, 5.41) is 2.96. The van der Waals surface area contributed by atoms with Gasteiger partial charge < -0.3 is 10.2 Å². The molecule has 1 N–H and O–H groups in total. The summed E-state index contributed by atoms with van der Waals surface area (Å²) in [6.07, 6.45) is 2.28. The molecule has 7 nitrogen and oxygen atoms in total. The minimum absolute atomic E-state index is 0.138. The van der Waals surface area contributed by atoms with Crippen LogP contribution in [-0.2, 0) is 26.0 Å². The van der Waals surface area contributed by atoms with Crippen molar-refractivity contribution in [3.05, 3.63) is 65.2 Å². The maximum atomic E-state index is 13.3. The number of aryl methyl sites for hydroxylation is 2. The molecule has 0 radical (unpaired) electrons. The number of rotatable bonds is 11. The van der Waals surface area contributed by atoms with E-state index >= 15 is 0 Å². The second-order valence-corrected chi connectivity index (χ2v) is 12.4. The van der Waals surface area contributed by atoms with Crippen molar-refractivity contribution < 1.29 is 18.0 Å². The van der Waals surface area contributed by atoms with Crippen LogP contribution in [-0.4, -0.2) is 56.1 Å². The molecule has 36 heavy (non-hydrogen) atoms. The van der Waals surface area contributed by atoms with E-state index in [0.29, 0.717) is 25.1 Å². The molecule has 0 saturated carbocycles. The van der Waals surface area contributed by atoms with Crippen LogP contribution in [0.2, 0.25) is 0 Å². The van der Waals surface area contributed by atoms with E-state index in [0.717, 1.165) is 16.7 Å². The summed E-state index contributed by atoms with van der Waals surface area (Å²) in [7, 11) is -3.52. The number of hydrogen-bond donors (Lipinski definition) is 1. The van der Waals surface area contributed by atoms with Gasteiger partial charge in [-0.15, -0.1) is 0 Å². The summed E-state index contributed by atoms with van der Waals surface area (Å²) >= 11 is 0. The van der Waals surface area contributed by atoms with E-state index in [1.807, 2.05) is 77.1 Å². The number of amides is 2. The third-order valence-electron chi connectivity index (χ3n) is 6.08. The van der Waals surface area contributed by atoms with E-state index in [2.05, 4.69) is 5.32 Å². The maximum Gasteiger partial charge on any atom is 0.242 e. The molecule has 0 aliphatic carbocycles. The zero-order chi connectivity index (χ0) is 27.1. The Morgan fingerprint density at radius 2 is 1.61 bits per heavy atom. The summed E-state index contributed by atoms with van der Waals surface area (Å²) in [5.41, 5.74) is 3.34. The minimum atomic E-state index is -3.52. The highest BCUT2D eigenvalue weighted by Crippen LogP contribution is 2.22. The first-order valence-electron chi connectivity index (χ1n) is 12.4. The SMILES string of the molecule is Cc1ccc(N(CCCC(=O)N(CCc2ccccc2)[C@H](C)C(=O)NC(C)(C)C)S(C)(=O)=O)cc1C. The molecule has 0 heterocycles. The van der Waals surface area contributed by atoms with E-state index in [1.165, 1.54) is 10.6 Å². The van der Waals surface area contributed by atoms with Gasteiger partial charge >= 0.3 is 0 Å². The van der Waals surface area contributed by atoms with Crippen molar-refractivity contribution in [2.45, 2.75) is 72.4 Å². The van der Waals surface area contributed by atoms with Crippen molar-refractivity contribution in [2.24, 2.45) is 0 Å². The van der Waals surface area contributed by atoms with Gasteiger partial charge in [-0.3, -0.25) is 13.9 Å². The third kappa shape index (κ3) is 8.97. The van der Waals surface area contributed by atoms with Gasteiger partial charge in [-0.25, -0.2) is 8.42 Å². The van der Waals surface area contributed by atoms with Gasteiger partial charge in [0.05, 0.1) is 11.9 Å². The number of anilines is 1. The lowest BCUT2D eigenvalue weighted by Gasteiger charge is -2.32. The normalized spacial score (nSPS) is 12.6. The van der Waals surface area contributed by atoms with Crippen molar-refractivity contribution in [3.63, 3.8) is 0 Å². The highest BCUT2D eigenvalue weighted by Gasteiger charge is 2.28. The van der Waals surface area contributed by atoms with Crippen LogP contribution in [0.25, 0.3) is 0 Å². The van der Waals surface area contributed by atoms with E-state index in [4.69, 9.17) is 0 Å². The second kappa shape index (κ2) is 12.4. The number of nitrogens with zero attached hydrogens (tertiary/aromatic N) is 2. The Kier molecular flexibility index (Phi) is 10.1. The molecule has 0 spiro atoms. The molecular formula is C28H41N3O4S. The Labute approximate surface area is 216 Å². The van der Waals surface area contributed by atoms with E-state index < -0.39 is 21.6 Å². The Bertz CT molecular complexity index is 1140. The average Bonchev–Trinajstić information content (AvgIpc) is 2.77. The third-order valence-corrected chi connectivity index (χ3v) is 7.27. The number of carbonyl (C=O) groups excluding carboxylic acids is 2. The van der Waals surface area contributed by atoms with Gasteiger partial charge in [0.25, 0.3) is 0 Å². The van der Waals surface area contributed by atoms with Crippen LogP contribution < -0.4 is 9.62 Å². The van der Waals surface area contributed by atoms with Crippen LogP contribution in [0.1, 0.15) is 57.2 Å². The fourth-order valence-electron chi connectivity index (χ4n) is 3.93. The molecule has 0 saturated heterocycles. The van der Waals surface area contributed by atoms with E-state index in [1.54, 1.807) is 17.9 Å². The molecule has 0 aliphatic rings. The first kappa shape index (κ1) is 29.4. The first-order valence-corrected chi connectivity index (χ1v) is 14.2. The first-order chi connectivity index (χ1) is 16.7. The Morgan fingerprint density at radius 1 is 0.972 bits per heavy atom. The molecule has 0 fully saturated rings. The largest absolute Gasteiger partial charge is 0.350 e. The van der Waals surface area contributed by atoms with Gasteiger partial charge in [-0.2, -0.15) is 0 Å². The lowest BCUT2D eigenvalue weighted by molar-refractivity contribution is -0.140. The highest BCUT2D eigenvalue weighted by molar-refractivity contribution is 7.92. The van der Waals surface area contributed by atoms with Gasteiger partial charge in [0.15, 0.2) is 0 Å². The van der Waals surface area contributed by atoms with Gasteiger partial charge in [0.2, 0.25) is 21.8 Å². The lowest BCUT2D eigenvalue weighted by Crippen LogP contribution is -2.53. The number of hydrogen-bond acceptors (Lipinski definition) is 4. The quantitative estimate of drug-likeness (QED) is 0.485. The fourth-order valence-corrected chi connectivity index (χ4v) is 4.89. The van der Waals surface area contributed by atoms with Crippen molar-refractivity contribution >= 4 is 27.5 Å². The highest BCUT2D eigenvalue weighted by atomic mass is 32.2. The van der Waals surface area contributed by atoms with Gasteiger partial charge in [0.1, 0.15) is 6.04 Å². The summed E-state index contributed by atoms with van der Waals surface area (Å²) in [6.45, 7) is 11.9. The molecular weight excluding hydrogens is 474 g/mol. The van der Waals surface area contributed by atoms with Crippen molar-refractivity contribution in [1.82, 2.24) is 10.2 Å². The Morgan fingerprint density at radius 3 is 2.17 bits per heavy atom. The van der Waals surface area contributed by atoms with Crippen LogP contribution in [0.5, 0.6) is 0 Å². The smallest absolute Gasteiger partial charge is 0.242 e. The summed E-state index contributed by atoms with van der Waals surface area (Å²) in [6, 6.07) is 14.7. The second-order valence-electron chi connectivity index (χ2n) is 10.4. The minimum Gasteiger partial charge on any atom is -0.350 e. The zero-order valence-electron chi connectivity index (χ0n) is 22.7. The molecule has 2 rings (SSSR count). The van der Waals surface area contributed by atoms with Gasteiger partial charge in [-0.05, 0) is 83.2 Å². The van der Waals surface area contributed by atoms with Crippen LogP contribution in [0, 0.1) is 13.8 Å². The fraction of sp³-hybridized carbons (Fsp3) is 0.500. The molecule has 2 aromatic carbocycles. The summed E-state index contributed by atoms with van der Waals surface area (Å²) < 4.78 is 26.4. The molecule has 0 aliphatic heterocycles. The topological polar surface area (TPSA) is 86.8 Å². The molecule has 2 aromatic rings. The Balaban J connectivity index is 2.14. The molecule has 2 amide bonds. The van der Waals surface area contributed by atoms with E-state index in [9.17, 15) is 18.0 Å². The summed E-state index contributed by atoms with van der Waals surface area (Å²) in [5.74, 6) is -0.382. The average molecular weight is 516 g/mol. The van der Waals surface area contributed by atoms with E-state index in [-0.39, 0.29) is 24.8 Å². The molecule has 0 unspecified atom stereocenters. The molecule has 0 aromatic heterocycles. The molecule has 8 heteroatoms. The monoisotopic (exact) mass is 515 g/mol. The molecule has 1 atom stereocenters. The van der Waals surface area contributed by atoms with Crippen molar-refractivity contribution in [2.75, 3.05) is 23.7 Å². The van der Waals surface area contributed by atoms with Crippen molar-refractivity contribution in [1.29, 1.82) is 0 Å². The number of benzene rings is 2. The van der Waals surface area contributed by atoms with Crippen molar-refractivity contribution in [3.8, 4) is 0 Å². The standard InChI is InChI=1S/C28H41N3O4S/c1-21-15-16-25(20-22(21)2)31(36(7,34)35)18-11-14-26(32)30(19-17-24-12-9-8-10-13-24)23(3)27(33)29-28(4,5)6/h8-10,12-13,15-16,20,23H,11,14,17-19H2,1-7H3,(H,29,33)/t23-/m1/s1.